The summed E-state index contributed by atoms with van der Waals surface area (Å²) in [6, 6.07) is 0. The molecule has 4 heavy (non-hydrogen) atoms. The van der Waals surface area contributed by atoms with Crippen molar-refractivity contribution >= 4 is 132 Å². The van der Waals surface area contributed by atoms with E-state index in [2.05, 4.69) is 0 Å². The van der Waals surface area contributed by atoms with Gasteiger partial charge in [-0.05, 0) is 0 Å². The molecule has 0 unspecified atom stereocenters. The molecule has 0 aliphatic rings. The van der Waals surface area contributed by atoms with Crippen molar-refractivity contribution in [3.8, 4) is 0 Å². The maximum atomic E-state index is 0. The molecule has 0 aromatic carbocycles. The molecule has 0 bridgehead atoms. The Morgan fingerprint density at radius 2 is 1.25 bits per heavy atom. The second-order valence-electron chi connectivity index (χ2n) is 0. The predicted octanol–water partition coefficient (Wildman–Crippen LogP) is -0.315. The van der Waals surface area contributed by atoms with Gasteiger partial charge in [0.25, 0.3) is 0 Å². The normalized spacial score (nSPS) is 0. The smallest absolute Gasteiger partial charge is 1.00 e. The second kappa shape index (κ2) is 15.7. The van der Waals surface area contributed by atoms with Crippen LogP contribution in [-0.4, -0.2) is 132 Å². The van der Waals surface area contributed by atoms with Crippen molar-refractivity contribution in [1.82, 2.24) is 0 Å². The number of hydrogen-bond acceptors (Lipinski definition) is 0. The van der Waals surface area contributed by atoms with Crippen LogP contribution in [0.4, 0.5) is 4.70 Å². The molecule has 20 valence electrons. The molecular formula is H7BaCaFSr. The van der Waals surface area contributed by atoms with E-state index in [1.807, 2.05) is 0 Å². The average molecular weight is 291 g/mol. The second-order valence-corrected chi connectivity index (χ2v) is 0. The molecule has 0 amide bonds. The van der Waals surface area contributed by atoms with Crippen LogP contribution in [0.15, 0.2) is 0 Å². The molecule has 0 atom stereocenters. The zero-order valence-corrected chi connectivity index (χ0v) is 12.7. The molecule has 0 spiro atoms. The third-order valence-electron chi connectivity index (χ3n) is 0. The fraction of sp³-hybridized carbons (Fsp3) is 0. The summed E-state index contributed by atoms with van der Waals surface area (Å²) in [7, 11) is 0. The van der Waals surface area contributed by atoms with Crippen LogP contribution in [0.25, 0.3) is 0 Å². The molecule has 0 rings (SSSR count). The van der Waals surface area contributed by atoms with Crippen molar-refractivity contribution in [1.29, 1.82) is 0 Å². The van der Waals surface area contributed by atoms with Gasteiger partial charge in [-0.3, -0.25) is 4.70 Å². The van der Waals surface area contributed by atoms with E-state index in [4.69, 9.17) is 0 Å². The quantitative estimate of drug-likeness (QED) is 0.537. The summed E-state index contributed by atoms with van der Waals surface area (Å²) in [6.07, 6.45) is 0. The Bertz CT molecular complexity index is 17.7. The van der Waals surface area contributed by atoms with Crippen molar-refractivity contribution in [2.45, 2.75) is 0 Å². The van der Waals surface area contributed by atoms with E-state index >= 15 is 0 Å². The maximum Gasteiger partial charge on any atom is 2.00 e. The van der Waals surface area contributed by atoms with E-state index in [9.17, 15) is 0 Å². The Balaban J connectivity index is 0. The first-order valence-corrected chi connectivity index (χ1v) is 0. The van der Waals surface area contributed by atoms with Gasteiger partial charge < -0.3 is 8.56 Å². The van der Waals surface area contributed by atoms with Gasteiger partial charge in [-0.15, -0.1) is 0 Å². The van der Waals surface area contributed by atoms with E-state index in [0.29, 0.717) is 0 Å². The molecule has 0 radical (unpaired) electrons. The number of rotatable bonds is 0. The number of hydrogen-bond donors (Lipinski definition) is 0. The molecule has 0 saturated heterocycles. The van der Waals surface area contributed by atoms with Crippen LogP contribution >= 0.6 is 0 Å². The molecule has 0 aliphatic heterocycles. The van der Waals surface area contributed by atoms with Gasteiger partial charge in [-0.25, -0.2) is 0 Å². The summed E-state index contributed by atoms with van der Waals surface area (Å²) in [5.41, 5.74) is 0. The monoisotopic (exact) mass is 292 g/mol. The van der Waals surface area contributed by atoms with Gasteiger partial charge >= 0.3 is 132 Å². The van der Waals surface area contributed by atoms with E-state index in [0.717, 1.165) is 0 Å². The average Bonchev–Trinajstić information content (AvgIpc) is 0. The molecule has 0 heterocycles. The van der Waals surface area contributed by atoms with Gasteiger partial charge in [0.05, 0.1) is 0 Å². The minimum absolute atomic E-state index is 0. The van der Waals surface area contributed by atoms with Crippen LogP contribution in [0.5, 0.6) is 0 Å². The molecule has 4 heteroatoms. The van der Waals surface area contributed by atoms with E-state index < -0.39 is 0 Å². The summed E-state index contributed by atoms with van der Waals surface area (Å²) in [6.45, 7) is 0. The first kappa shape index (κ1) is 24.0. The van der Waals surface area contributed by atoms with Crippen molar-refractivity contribution in [3.63, 3.8) is 0 Å². The van der Waals surface area contributed by atoms with Crippen LogP contribution in [-0.2, 0) is 0 Å². The topological polar surface area (TPSA) is 0 Å². The van der Waals surface area contributed by atoms with Crippen LogP contribution in [0.3, 0.4) is 0 Å². The van der Waals surface area contributed by atoms with Gasteiger partial charge in [-0.1, -0.05) is 0 Å². The Hall–Kier alpha value is 4.24. The van der Waals surface area contributed by atoms with Gasteiger partial charge in [0, 0.05) is 0 Å². The van der Waals surface area contributed by atoms with E-state index in [-0.39, 0.29) is 145 Å². The van der Waals surface area contributed by atoms with Gasteiger partial charge in [0.2, 0.25) is 0 Å². The molecule has 0 saturated carbocycles. The molecule has 0 N–H and O–H groups in total. The molecule has 0 aromatic heterocycles. The molecule has 0 nitrogen and oxygen atoms in total. The largest absolute Gasteiger partial charge is 2.00 e. The standard InChI is InChI=1S/Ba.Ca.FH.Sr.6H/h;;1H;;;;;;;/q2*+2;;+2;6*-1. The van der Waals surface area contributed by atoms with E-state index in [1.165, 1.54) is 0 Å². The Kier molecular flexibility index (Phi) is 94.2. The van der Waals surface area contributed by atoms with Crippen LogP contribution in [0.1, 0.15) is 8.56 Å². The molecular weight excluding hydrogens is 284 g/mol. The van der Waals surface area contributed by atoms with E-state index in [1.54, 1.807) is 0 Å². The summed E-state index contributed by atoms with van der Waals surface area (Å²) in [5.74, 6) is 0. The van der Waals surface area contributed by atoms with Crippen LogP contribution in [0.2, 0.25) is 0 Å². The zero-order valence-electron chi connectivity index (χ0n) is 8.53. The third-order valence-corrected chi connectivity index (χ3v) is 0. The van der Waals surface area contributed by atoms with Crippen molar-refractivity contribution < 1.29 is 13.3 Å². The molecule has 0 aliphatic carbocycles. The van der Waals surface area contributed by atoms with Crippen LogP contribution in [0, 0.1) is 0 Å². The minimum Gasteiger partial charge on any atom is -1.00 e. The first-order chi connectivity index (χ1) is 0. The van der Waals surface area contributed by atoms with Crippen molar-refractivity contribution in [3.05, 3.63) is 0 Å². The molecule has 0 aromatic rings. The molecule has 0 fully saturated rings. The summed E-state index contributed by atoms with van der Waals surface area (Å²) in [4.78, 5) is 0. The Morgan fingerprint density at radius 1 is 1.25 bits per heavy atom. The Labute approximate surface area is 141 Å². The SMILES string of the molecule is F.[Ba+2].[Ca+2].[H-].[H-].[H-].[H-].[H-].[H-].[Sr+2]. The van der Waals surface area contributed by atoms with Crippen molar-refractivity contribution in [2.24, 2.45) is 0 Å². The Morgan fingerprint density at radius 3 is 1.25 bits per heavy atom. The zero-order chi connectivity index (χ0) is 0. The minimum atomic E-state index is 0. The van der Waals surface area contributed by atoms with Gasteiger partial charge in [0.15, 0.2) is 0 Å². The summed E-state index contributed by atoms with van der Waals surface area (Å²) in [5, 5.41) is 0. The first-order valence-electron chi connectivity index (χ1n) is 0. The van der Waals surface area contributed by atoms with Crippen molar-refractivity contribution in [2.75, 3.05) is 0 Å². The third kappa shape index (κ3) is 9.53. The van der Waals surface area contributed by atoms with Gasteiger partial charge in [0.1, 0.15) is 0 Å². The fourth-order valence-corrected chi connectivity index (χ4v) is 0. The number of halogens is 1. The summed E-state index contributed by atoms with van der Waals surface area (Å²) >= 11 is 0. The van der Waals surface area contributed by atoms with Crippen LogP contribution < -0.4 is 0 Å². The maximum absolute atomic E-state index is 0. The fourth-order valence-electron chi connectivity index (χ4n) is 0. The van der Waals surface area contributed by atoms with Gasteiger partial charge in [-0.2, -0.15) is 0 Å². The predicted molar refractivity (Wildman–Crippen MR) is 26.4 cm³/mol. The summed E-state index contributed by atoms with van der Waals surface area (Å²) < 4.78 is 0.